The summed E-state index contributed by atoms with van der Waals surface area (Å²) in [4.78, 5) is 13.0. The molecule has 1 atom stereocenters. The molecule has 0 spiro atoms. The quantitative estimate of drug-likeness (QED) is 0.691. The van der Waals surface area contributed by atoms with Gasteiger partial charge in [-0.2, -0.15) is 0 Å². The highest BCUT2D eigenvalue weighted by molar-refractivity contribution is 5.86. The van der Waals surface area contributed by atoms with Crippen molar-refractivity contribution in [1.29, 1.82) is 0 Å². The van der Waals surface area contributed by atoms with Gasteiger partial charge in [-0.1, -0.05) is 90.0 Å². The zero-order valence-electron chi connectivity index (χ0n) is 15.9. The van der Waals surface area contributed by atoms with E-state index in [0.29, 0.717) is 6.54 Å². The van der Waals surface area contributed by atoms with Crippen LogP contribution in [0.1, 0.15) is 34.2 Å². The molecule has 1 saturated carbocycles. The Balaban J connectivity index is 1.60. The topological polar surface area (TPSA) is 29.1 Å². The van der Waals surface area contributed by atoms with Crippen LogP contribution in [0, 0.1) is 19.8 Å². The van der Waals surface area contributed by atoms with Crippen molar-refractivity contribution in [3.63, 3.8) is 0 Å². The number of carbonyl (C=O) groups is 1. The molecule has 1 fully saturated rings. The third-order valence-corrected chi connectivity index (χ3v) is 5.72. The number of nitrogens with one attached hydrogen (secondary N) is 1. The zero-order valence-corrected chi connectivity index (χ0v) is 15.9. The van der Waals surface area contributed by atoms with E-state index in [1.165, 1.54) is 22.3 Å². The number of benzene rings is 3. The molecule has 3 aromatic carbocycles. The lowest BCUT2D eigenvalue weighted by atomic mass is 9.85. The van der Waals surface area contributed by atoms with Gasteiger partial charge in [-0.3, -0.25) is 4.79 Å². The normalized spacial score (nSPS) is 17.3. The molecule has 1 amide bonds. The van der Waals surface area contributed by atoms with E-state index in [1.807, 2.05) is 30.3 Å². The summed E-state index contributed by atoms with van der Waals surface area (Å²) in [5.41, 5.74) is 5.87. The van der Waals surface area contributed by atoms with Gasteiger partial charge in [0.1, 0.15) is 0 Å². The summed E-state index contributed by atoms with van der Waals surface area (Å²) in [5.74, 6) is 0.117. The molecule has 0 saturated heterocycles. The van der Waals surface area contributed by atoms with Crippen molar-refractivity contribution in [3.05, 3.63) is 107 Å². The molecule has 0 heterocycles. The molecule has 0 aromatic heterocycles. The Morgan fingerprint density at radius 1 is 0.852 bits per heavy atom. The number of aryl methyl sites for hydroxylation is 2. The fourth-order valence-corrected chi connectivity index (χ4v) is 3.99. The van der Waals surface area contributed by atoms with E-state index in [2.05, 4.69) is 67.7 Å². The van der Waals surface area contributed by atoms with Gasteiger partial charge >= 0.3 is 0 Å². The summed E-state index contributed by atoms with van der Waals surface area (Å²) in [6, 6.07) is 27.4. The van der Waals surface area contributed by atoms with Crippen LogP contribution in [0.4, 0.5) is 0 Å². The molecule has 2 nitrogen and oxygen atoms in total. The first-order chi connectivity index (χ1) is 13.1. The molecule has 136 valence electrons. The predicted octanol–water partition coefficient (Wildman–Crippen LogP) is 4.93. The third-order valence-electron chi connectivity index (χ3n) is 5.72. The van der Waals surface area contributed by atoms with Gasteiger partial charge < -0.3 is 5.32 Å². The highest BCUT2D eigenvalue weighted by atomic mass is 16.2. The molecule has 0 radical (unpaired) electrons. The van der Waals surface area contributed by atoms with Crippen LogP contribution in [0.25, 0.3) is 0 Å². The van der Waals surface area contributed by atoms with Crippen LogP contribution in [0.3, 0.4) is 0 Å². The molecule has 0 bridgehead atoms. The number of rotatable bonds is 5. The standard InChI is InChI=1S/C25H25NO/c1-18-8-12-21(13-9-18)25(22-14-10-19(2)11-15-22)16-23(25)24(27)26-17-20-6-4-3-5-7-20/h3-15,23H,16-17H2,1-2H3,(H,26,27)/t23-/m0/s1. The van der Waals surface area contributed by atoms with Gasteiger partial charge in [-0.25, -0.2) is 0 Å². The fraction of sp³-hybridized carbons (Fsp3) is 0.240. The minimum atomic E-state index is -0.206. The maximum atomic E-state index is 13.0. The summed E-state index contributed by atoms with van der Waals surface area (Å²) < 4.78 is 0. The highest BCUT2D eigenvalue weighted by Crippen LogP contribution is 2.59. The minimum Gasteiger partial charge on any atom is -0.352 e. The molecule has 1 N–H and O–H groups in total. The number of carbonyl (C=O) groups excluding carboxylic acids is 1. The van der Waals surface area contributed by atoms with E-state index < -0.39 is 0 Å². The van der Waals surface area contributed by atoms with Crippen LogP contribution in [0.2, 0.25) is 0 Å². The molecule has 1 aliphatic carbocycles. The first-order valence-electron chi connectivity index (χ1n) is 9.55. The van der Waals surface area contributed by atoms with E-state index in [9.17, 15) is 4.79 Å². The molecule has 4 rings (SSSR count). The van der Waals surface area contributed by atoms with E-state index in [1.54, 1.807) is 0 Å². The van der Waals surface area contributed by atoms with Gasteiger partial charge in [0.15, 0.2) is 0 Å². The lowest BCUT2D eigenvalue weighted by molar-refractivity contribution is -0.122. The van der Waals surface area contributed by atoms with Crippen LogP contribution in [0.5, 0.6) is 0 Å². The van der Waals surface area contributed by atoms with Crippen LogP contribution in [0.15, 0.2) is 78.9 Å². The van der Waals surface area contributed by atoms with Gasteiger partial charge in [0.2, 0.25) is 5.91 Å². The molecule has 3 aromatic rings. The Hall–Kier alpha value is -2.87. The van der Waals surface area contributed by atoms with Crippen LogP contribution >= 0.6 is 0 Å². The smallest absolute Gasteiger partial charge is 0.224 e. The van der Waals surface area contributed by atoms with Gasteiger partial charge in [0.05, 0.1) is 5.92 Å². The van der Waals surface area contributed by atoms with Gasteiger partial charge in [0.25, 0.3) is 0 Å². The largest absolute Gasteiger partial charge is 0.352 e. The monoisotopic (exact) mass is 355 g/mol. The van der Waals surface area contributed by atoms with E-state index in [0.717, 1.165) is 12.0 Å². The summed E-state index contributed by atoms with van der Waals surface area (Å²) in [6.45, 7) is 4.77. The Morgan fingerprint density at radius 3 is 1.89 bits per heavy atom. The van der Waals surface area contributed by atoms with Gasteiger partial charge in [-0.05, 0) is 37.0 Å². The molecule has 1 aliphatic rings. The SMILES string of the molecule is Cc1ccc(C2(c3ccc(C)cc3)C[C@H]2C(=O)NCc2ccccc2)cc1. The maximum Gasteiger partial charge on any atom is 0.224 e. The summed E-state index contributed by atoms with van der Waals surface area (Å²) in [6.07, 6.45) is 0.861. The van der Waals surface area contributed by atoms with Crippen molar-refractivity contribution in [1.82, 2.24) is 5.32 Å². The average Bonchev–Trinajstić information content (AvgIpc) is 3.45. The van der Waals surface area contributed by atoms with Crippen molar-refractivity contribution < 1.29 is 4.79 Å². The molecule has 0 unspecified atom stereocenters. The molecular formula is C25H25NO. The maximum absolute atomic E-state index is 13.0. The predicted molar refractivity (Wildman–Crippen MR) is 110 cm³/mol. The first kappa shape index (κ1) is 17.5. The van der Waals surface area contributed by atoms with Crippen LogP contribution in [-0.4, -0.2) is 5.91 Å². The Morgan fingerprint density at radius 2 is 1.37 bits per heavy atom. The van der Waals surface area contributed by atoms with Crippen LogP contribution < -0.4 is 5.32 Å². The van der Waals surface area contributed by atoms with Gasteiger partial charge in [-0.15, -0.1) is 0 Å². The molecule has 0 aliphatic heterocycles. The number of hydrogen-bond acceptors (Lipinski definition) is 1. The zero-order chi connectivity index (χ0) is 18.9. The average molecular weight is 355 g/mol. The van der Waals surface area contributed by atoms with E-state index in [4.69, 9.17) is 0 Å². The lowest BCUT2D eigenvalue weighted by Gasteiger charge is -2.19. The highest BCUT2D eigenvalue weighted by Gasteiger charge is 2.60. The number of hydrogen-bond donors (Lipinski definition) is 1. The van der Waals surface area contributed by atoms with Crippen molar-refractivity contribution in [2.45, 2.75) is 32.2 Å². The van der Waals surface area contributed by atoms with Crippen LogP contribution in [-0.2, 0) is 16.8 Å². The Kier molecular flexibility index (Phi) is 4.57. The minimum absolute atomic E-state index is 0.0216. The summed E-state index contributed by atoms with van der Waals surface area (Å²) in [5, 5.41) is 3.14. The third kappa shape index (κ3) is 3.40. The molecular weight excluding hydrogens is 330 g/mol. The van der Waals surface area contributed by atoms with Gasteiger partial charge in [0, 0.05) is 12.0 Å². The summed E-state index contributed by atoms with van der Waals surface area (Å²) in [7, 11) is 0. The lowest BCUT2D eigenvalue weighted by Crippen LogP contribution is -2.28. The molecule has 27 heavy (non-hydrogen) atoms. The second kappa shape index (κ2) is 7.03. The number of amides is 1. The first-order valence-corrected chi connectivity index (χ1v) is 9.55. The molecule has 2 heteroatoms. The van der Waals surface area contributed by atoms with E-state index >= 15 is 0 Å². The second-order valence-electron chi connectivity index (χ2n) is 7.66. The Labute approximate surface area is 161 Å². The van der Waals surface area contributed by atoms with Crippen molar-refractivity contribution in [2.75, 3.05) is 0 Å². The Bertz CT molecular complexity index is 881. The van der Waals surface area contributed by atoms with E-state index in [-0.39, 0.29) is 17.2 Å². The second-order valence-corrected chi connectivity index (χ2v) is 7.66. The fourth-order valence-electron chi connectivity index (χ4n) is 3.99. The summed E-state index contributed by atoms with van der Waals surface area (Å²) >= 11 is 0. The van der Waals surface area contributed by atoms with Crippen molar-refractivity contribution in [2.24, 2.45) is 5.92 Å². The van der Waals surface area contributed by atoms with Crippen molar-refractivity contribution >= 4 is 5.91 Å². The van der Waals surface area contributed by atoms with Crippen molar-refractivity contribution in [3.8, 4) is 0 Å².